The molecule has 4 heterocycles. The first kappa shape index (κ1) is 15.1. The van der Waals surface area contributed by atoms with Crippen molar-refractivity contribution in [2.24, 2.45) is 0 Å². The van der Waals surface area contributed by atoms with Crippen LogP contribution in [0.5, 0.6) is 0 Å². The lowest BCUT2D eigenvalue weighted by molar-refractivity contribution is 0.122. The minimum Gasteiger partial charge on any atom is -0.378 e. The molecule has 3 aromatic heterocycles. The monoisotopic (exact) mass is 343 g/mol. The van der Waals surface area contributed by atoms with Crippen molar-refractivity contribution in [3.8, 4) is 10.4 Å². The highest BCUT2D eigenvalue weighted by atomic mass is 32.1. The first-order chi connectivity index (χ1) is 11.8. The predicted octanol–water partition coefficient (Wildman–Crippen LogP) is 1.58. The number of aromatic nitrogens is 4. The van der Waals surface area contributed by atoms with Gasteiger partial charge in [-0.25, -0.2) is 14.9 Å². The molecule has 0 aromatic carbocycles. The van der Waals surface area contributed by atoms with E-state index < -0.39 is 0 Å². The van der Waals surface area contributed by atoms with Crippen molar-refractivity contribution < 1.29 is 4.74 Å². The van der Waals surface area contributed by atoms with Gasteiger partial charge in [-0.3, -0.25) is 4.57 Å². The van der Waals surface area contributed by atoms with Crippen LogP contribution in [0, 0.1) is 0 Å². The van der Waals surface area contributed by atoms with E-state index in [0.717, 1.165) is 47.4 Å². The van der Waals surface area contributed by atoms with Crippen LogP contribution >= 0.6 is 11.3 Å². The molecular formula is C16H17N5O2S. The van der Waals surface area contributed by atoms with Gasteiger partial charge in [0.15, 0.2) is 0 Å². The lowest BCUT2D eigenvalue weighted by Crippen LogP contribution is -2.36. The van der Waals surface area contributed by atoms with Gasteiger partial charge in [0.2, 0.25) is 0 Å². The Morgan fingerprint density at radius 3 is 2.79 bits per heavy atom. The zero-order valence-electron chi connectivity index (χ0n) is 13.0. The Morgan fingerprint density at radius 1 is 1.21 bits per heavy atom. The summed E-state index contributed by atoms with van der Waals surface area (Å²) in [5.74, 6) is 0.990. The fourth-order valence-corrected chi connectivity index (χ4v) is 3.68. The first-order valence-corrected chi connectivity index (χ1v) is 8.59. The summed E-state index contributed by atoms with van der Waals surface area (Å²) in [6.45, 7) is 3.80. The summed E-state index contributed by atoms with van der Waals surface area (Å²) < 4.78 is 6.92. The number of hydrogen-bond donors (Lipinski definition) is 1. The molecule has 3 aromatic rings. The molecule has 1 aliphatic heterocycles. The van der Waals surface area contributed by atoms with Crippen LogP contribution in [-0.4, -0.2) is 46.1 Å². The molecule has 0 saturated carbocycles. The Kier molecular flexibility index (Phi) is 4.14. The standard InChI is InChI=1S/C16H17N5O2S/c22-16-19-18-11-21(16)10-13-2-3-14(24-13)12-1-4-15(17-9-12)20-5-7-23-8-6-20/h1-4,9,11H,5-8,10H2,(H,19,22). The number of thiophene rings is 1. The molecule has 1 fully saturated rings. The maximum atomic E-state index is 11.5. The van der Waals surface area contributed by atoms with Crippen molar-refractivity contribution in [3.05, 3.63) is 52.2 Å². The van der Waals surface area contributed by atoms with Crippen LogP contribution in [0.2, 0.25) is 0 Å². The number of nitrogens with zero attached hydrogens (tertiary/aromatic N) is 4. The molecule has 0 aliphatic carbocycles. The van der Waals surface area contributed by atoms with Crippen molar-refractivity contribution in [1.29, 1.82) is 0 Å². The largest absolute Gasteiger partial charge is 0.378 e. The second kappa shape index (κ2) is 6.58. The lowest BCUT2D eigenvalue weighted by atomic mass is 10.2. The van der Waals surface area contributed by atoms with Gasteiger partial charge in [-0.05, 0) is 24.3 Å². The van der Waals surface area contributed by atoms with Crippen LogP contribution in [0.1, 0.15) is 4.88 Å². The van der Waals surface area contributed by atoms with Gasteiger partial charge in [-0.15, -0.1) is 11.3 Å². The van der Waals surface area contributed by atoms with Crippen LogP contribution in [0.15, 0.2) is 41.6 Å². The smallest absolute Gasteiger partial charge is 0.343 e. The van der Waals surface area contributed by atoms with Gasteiger partial charge in [0.1, 0.15) is 12.1 Å². The second-order valence-electron chi connectivity index (χ2n) is 5.56. The van der Waals surface area contributed by atoms with Crippen molar-refractivity contribution in [3.63, 3.8) is 0 Å². The van der Waals surface area contributed by atoms with E-state index in [9.17, 15) is 4.79 Å². The minimum absolute atomic E-state index is 0.193. The van der Waals surface area contributed by atoms with Crippen LogP contribution < -0.4 is 10.6 Å². The van der Waals surface area contributed by atoms with Gasteiger partial charge in [-0.2, -0.15) is 5.10 Å². The molecule has 0 spiro atoms. The fourth-order valence-electron chi connectivity index (χ4n) is 2.68. The van der Waals surface area contributed by atoms with Crippen LogP contribution in [0.3, 0.4) is 0 Å². The topological polar surface area (TPSA) is 76.0 Å². The summed E-state index contributed by atoms with van der Waals surface area (Å²) in [7, 11) is 0. The van der Waals surface area contributed by atoms with E-state index >= 15 is 0 Å². The molecule has 8 heteroatoms. The van der Waals surface area contributed by atoms with Crippen molar-refractivity contribution in [1.82, 2.24) is 19.7 Å². The van der Waals surface area contributed by atoms with Gasteiger partial charge in [0.05, 0.1) is 19.8 Å². The molecule has 0 atom stereocenters. The Hall–Kier alpha value is -2.45. The van der Waals surface area contributed by atoms with Gasteiger partial charge in [-0.1, -0.05) is 0 Å². The number of nitrogens with one attached hydrogen (secondary N) is 1. The number of rotatable bonds is 4. The van der Waals surface area contributed by atoms with E-state index in [1.54, 1.807) is 15.9 Å². The zero-order chi connectivity index (χ0) is 16.4. The highest BCUT2D eigenvalue weighted by Gasteiger charge is 2.12. The number of pyridine rings is 1. The van der Waals surface area contributed by atoms with E-state index in [2.05, 4.69) is 38.3 Å². The number of aromatic amines is 1. The van der Waals surface area contributed by atoms with Crippen LogP contribution in [-0.2, 0) is 11.3 Å². The third-order valence-corrected chi connectivity index (χ3v) is 5.09. The molecule has 0 unspecified atom stereocenters. The molecule has 0 amide bonds. The van der Waals surface area contributed by atoms with Crippen molar-refractivity contribution in [2.45, 2.75) is 6.54 Å². The molecule has 24 heavy (non-hydrogen) atoms. The third kappa shape index (κ3) is 3.10. The summed E-state index contributed by atoms with van der Waals surface area (Å²) in [6, 6.07) is 8.25. The molecular weight excluding hydrogens is 326 g/mol. The lowest BCUT2D eigenvalue weighted by Gasteiger charge is -2.27. The molecule has 124 valence electrons. The number of anilines is 1. The van der Waals surface area contributed by atoms with Gasteiger partial charge >= 0.3 is 5.69 Å². The molecule has 7 nitrogen and oxygen atoms in total. The Bertz CT molecular complexity index is 861. The molecule has 4 rings (SSSR count). The average molecular weight is 343 g/mol. The van der Waals surface area contributed by atoms with Gasteiger partial charge < -0.3 is 9.64 Å². The predicted molar refractivity (Wildman–Crippen MR) is 92.5 cm³/mol. The van der Waals surface area contributed by atoms with E-state index in [1.165, 1.54) is 6.33 Å². The van der Waals surface area contributed by atoms with Gasteiger partial charge in [0.25, 0.3) is 0 Å². The van der Waals surface area contributed by atoms with E-state index in [1.807, 2.05) is 12.3 Å². The highest BCUT2D eigenvalue weighted by Crippen LogP contribution is 2.29. The zero-order valence-corrected chi connectivity index (χ0v) is 13.8. The number of H-pyrrole nitrogens is 1. The summed E-state index contributed by atoms with van der Waals surface area (Å²) in [5.41, 5.74) is 0.893. The minimum atomic E-state index is -0.193. The molecule has 0 radical (unpaired) electrons. The summed E-state index contributed by atoms with van der Waals surface area (Å²) in [6.07, 6.45) is 3.42. The fraction of sp³-hybridized carbons (Fsp3) is 0.312. The van der Waals surface area contributed by atoms with E-state index in [-0.39, 0.29) is 5.69 Å². The van der Waals surface area contributed by atoms with E-state index in [4.69, 9.17) is 4.74 Å². The van der Waals surface area contributed by atoms with Gasteiger partial charge in [0, 0.05) is 34.6 Å². The molecule has 0 bridgehead atoms. The first-order valence-electron chi connectivity index (χ1n) is 7.77. The third-order valence-electron chi connectivity index (χ3n) is 3.97. The van der Waals surface area contributed by atoms with Crippen LogP contribution in [0.25, 0.3) is 10.4 Å². The van der Waals surface area contributed by atoms with E-state index in [0.29, 0.717) is 6.54 Å². The molecule has 1 saturated heterocycles. The second-order valence-corrected chi connectivity index (χ2v) is 6.73. The summed E-state index contributed by atoms with van der Waals surface area (Å²) in [5, 5.41) is 6.15. The van der Waals surface area contributed by atoms with Crippen molar-refractivity contribution >= 4 is 17.2 Å². The van der Waals surface area contributed by atoms with Crippen molar-refractivity contribution in [2.75, 3.05) is 31.2 Å². The Morgan fingerprint density at radius 2 is 2.08 bits per heavy atom. The normalized spacial score (nSPS) is 14.9. The van der Waals surface area contributed by atoms with Crippen LogP contribution in [0.4, 0.5) is 5.82 Å². The Labute approximate surface area is 142 Å². The summed E-state index contributed by atoms with van der Waals surface area (Å²) in [4.78, 5) is 20.6. The Balaban J connectivity index is 1.49. The maximum absolute atomic E-state index is 11.5. The molecule has 1 aliphatic rings. The average Bonchev–Trinajstić information content (AvgIpc) is 3.26. The quantitative estimate of drug-likeness (QED) is 0.778. The number of morpholine rings is 1. The molecule has 1 N–H and O–H groups in total. The highest BCUT2D eigenvalue weighted by molar-refractivity contribution is 7.15. The maximum Gasteiger partial charge on any atom is 0.343 e. The summed E-state index contributed by atoms with van der Waals surface area (Å²) >= 11 is 1.66. The number of hydrogen-bond acceptors (Lipinski definition) is 6. The SMILES string of the molecule is O=c1[nH]ncn1Cc1ccc(-c2ccc(N3CCOCC3)nc2)s1. The number of ether oxygens (including phenoxy) is 1.